The van der Waals surface area contributed by atoms with Crippen LogP contribution in [0.4, 0.5) is 0 Å². The second-order valence-electron chi connectivity index (χ2n) is 9.80. The number of rotatable bonds is 4. The topological polar surface area (TPSA) is 17.3 Å². The largest absolute Gasteiger partial charge is 0.290 e. The summed E-state index contributed by atoms with van der Waals surface area (Å²) in [7, 11) is 0. The third kappa shape index (κ3) is 2.48. The molecule has 0 atom stereocenters. The monoisotopic (exact) mass is 390 g/mol. The minimum Gasteiger partial charge on any atom is -0.290 e. The number of hydrogen-bond acceptors (Lipinski definition) is 2. The third-order valence-corrected chi connectivity index (χ3v) is 8.87. The van der Waals surface area contributed by atoms with Gasteiger partial charge in [0.25, 0.3) is 0 Å². The van der Waals surface area contributed by atoms with Crippen molar-refractivity contribution < 1.29 is 0 Å². The molecule has 0 N–H and O–H groups in total. The van der Waals surface area contributed by atoms with Crippen LogP contribution in [0.25, 0.3) is 16.2 Å². The molecule has 28 heavy (non-hydrogen) atoms. The van der Waals surface area contributed by atoms with Crippen LogP contribution in [-0.4, -0.2) is 9.38 Å². The minimum absolute atomic E-state index is 0.386. The van der Waals surface area contributed by atoms with Crippen LogP contribution in [0, 0.1) is 17.8 Å². The van der Waals surface area contributed by atoms with Crippen LogP contribution in [-0.2, 0) is 18.3 Å². The van der Waals surface area contributed by atoms with Crippen LogP contribution in [0.3, 0.4) is 0 Å². The summed E-state index contributed by atoms with van der Waals surface area (Å²) < 4.78 is 2.41. The standard InChI is InChI=1S/C25H30N2S/c1-3-16-5-6-20(4-2)21(10-16)22-15-28-24-26-23(14-27(22)24)25-11-17-7-18(12-25)9-19(8-17)13-25/h5-6,10,14-15,17-19H,3-4,7-9,11-13H2,1-2H3. The highest BCUT2D eigenvalue weighted by Gasteiger charge is 2.52. The Labute approximate surface area is 172 Å². The number of benzene rings is 1. The van der Waals surface area contributed by atoms with Crippen LogP contribution in [0.15, 0.2) is 29.8 Å². The fraction of sp³-hybridized carbons (Fsp3) is 0.560. The lowest BCUT2D eigenvalue weighted by Crippen LogP contribution is -2.48. The molecule has 4 bridgehead atoms. The fourth-order valence-electron chi connectivity index (χ4n) is 7.05. The Balaban J connectivity index is 1.46. The Bertz CT molecular complexity index is 1000. The highest BCUT2D eigenvalue weighted by atomic mass is 32.1. The van der Waals surface area contributed by atoms with Crippen molar-refractivity contribution >= 4 is 16.3 Å². The van der Waals surface area contributed by atoms with Gasteiger partial charge in [-0.3, -0.25) is 4.40 Å². The van der Waals surface area contributed by atoms with Crippen LogP contribution in [0.2, 0.25) is 0 Å². The van der Waals surface area contributed by atoms with E-state index in [1.807, 2.05) is 11.3 Å². The van der Waals surface area contributed by atoms with Crippen LogP contribution >= 0.6 is 11.3 Å². The summed E-state index contributed by atoms with van der Waals surface area (Å²) in [5.41, 5.74) is 7.41. The molecule has 0 saturated heterocycles. The SMILES string of the molecule is CCc1ccc(CC)c(-c2csc3nc(C45CC6CC(CC(C6)C4)C5)cn23)c1. The first-order valence-electron chi connectivity index (χ1n) is 11.3. The third-order valence-electron chi connectivity index (χ3n) is 8.03. The van der Waals surface area contributed by atoms with Crippen molar-refractivity contribution in [2.24, 2.45) is 17.8 Å². The minimum atomic E-state index is 0.386. The average molecular weight is 391 g/mol. The number of imidazole rings is 1. The lowest BCUT2D eigenvalue weighted by molar-refractivity contribution is -0.00696. The second-order valence-corrected chi connectivity index (χ2v) is 10.6. The lowest BCUT2D eigenvalue weighted by Gasteiger charge is -2.56. The molecular weight excluding hydrogens is 360 g/mol. The quantitative estimate of drug-likeness (QED) is 0.487. The maximum absolute atomic E-state index is 5.23. The zero-order valence-electron chi connectivity index (χ0n) is 17.1. The molecule has 4 aliphatic rings. The Morgan fingerprint density at radius 1 is 1.04 bits per heavy atom. The van der Waals surface area contributed by atoms with Gasteiger partial charge in [-0.2, -0.15) is 0 Å². The van der Waals surface area contributed by atoms with E-state index in [2.05, 4.69) is 48.0 Å². The van der Waals surface area contributed by atoms with Gasteiger partial charge in [-0.15, -0.1) is 11.3 Å². The van der Waals surface area contributed by atoms with Crippen molar-refractivity contribution in [1.82, 2.24) is 9.38 Å². The van der Waals surface area contributed by atoms with Crippen LogP contribution < -0.4 is 0 Å². The number of thiazole rings is 1. The highest BCUT2D eigenvalue weighted by Crippen LogP contribution is 2.60. The molecule has 4 fully saturated rings. The number of hydrogen-bond donors (Lipinski definition) is 0. The molecule has 4 aliphatic carbocycles. The Morgan fingerprint density at radius 2 is 1.75 bits per heavy atom. The lowest BCUT2D eigenvalue weighted by atomic mass is 9.49. The molecule has 7 rings (SSSR count). The van der Waals surface area contributed by atoms with E-state index >= 15 is 0 Å². The normalized spacial score (nSPS) is 31.1. The van der Waals surface area contributed by atoms with Gasteiger partial charge in [0.2, 0.25) is 0 Å². The Morgan fingerprint density at radius 3 is 2.39 bits per heavy atom. The molecule has 0 unspecified atom stereocenters. The zero-order chi connectivity index (χ0) is 18.9. The average Bonchev–Trinajstić information content (AvgIpc) is 3.28. The summed E-state index contributed by atoms with van der Waals surface area (Å²) in [6.45, 7) is 4.51. The zero-order valence-corrected chi connectivity index (χ0v) is 17.9. The first-order valence-corrected chi connectivity index (χ1v) is 12.1. The molecule has 0 radical (unpaired) electrons. The summed E-state index contributed by atoms with van der Waals surface area (Å²) in [4.78, 5) is 6.41. The van der Waals surface area contributed by atoms with E-state index in [1.165, 1.54) is 71.6 Å². The molecule has 3 aromatic rings. The molecule has 2 aromatic heterocycles. The van der Waals surface area contributed by atoms with Gasteiger partial charge >= 0.3 is 0 Å². The summed E-state index contributed by atoms with van der Waals surface area (Å²) >= 11 is 1.82. The first-order chi connectivity index (χ1) is 13.7. The van der Waals surface area contributed by atoms with Crippen molar-refractivity contribution in [3.63, 3.8) is 0 Å². The summed E-state index contributed by atoms with van der Waals surface area (Å²) in [6.07, 6.45) is 13.3. The second kappa shape index (κ2) is 6.19. The predicted octanol–water partition coefficient (Wildman–Crippen LogP) is 6.66. The fourth-order valence-corrected chi connectivity index (χ4v) is 7.92. The van der Waals surface area contributed by atoms with E-state index in [0.29, 0.717) is 5.41 Å². The highest BCUT2D eigenvalue weighted by molar-refractivity contribution is 7.15. The van der Waals surface area contributed by atoms with Crippen LogP contribution in [0.5, 0.6) is 0 Å². The van der Waals surface area contributed by atoms with E-state index in [4.69, 9.17) is 4.98 Å². The number of aryl methyl sites for hydroxylation is 2. The number of aromatic nitrogens is 2. The van der Waals surface area contributed by atoms with Gasteiger partial charge in [0.05, 0.1) is 11.4 Å². The maximum Gasteiger partial charge on any atom is 0.194 e. The van der Waals surface area contributed by atoms with Gasteiger partial charge < -0.3 is 0 Å². The molecule has 2 heterocycles. The Hall–Kier alpha value is -1.61. The molecule has 2 nitrogen and oxygen atoms in total. The van der Waals surface area contributed by atoms with Gasteiger partial charge in [-0.25, -0.2) is 4.98 Å². The van der Waals surface area contributed by atoms with Crippen molar-refractivity contribution in [2.45, 2.75) is 70.6 Å². The smallest absolute Gasteiger partial charge is 0.194 e. The molecule has 3 heteroatoms. The van der Waals surface area contributed by atoms with Gasteiger partial charge in [-0.05, 0) is 86.3 Å². The van der Waals surface area contributed by atoms with Crippen molar-refractivity contribution in [2.75, 3.05) is 0 Å². The van der Waals surface area contributed by atoms with Crippen molar-refractivity contribution in [3.8, 4) is 11.3 Å². The molecule has 4 saturated carbocycles. The maximum atomic E-state index is 5.23. The van der Waals surface area contributed by atoms with Gasteiger partial charge in [0, 0.05) is 22.6 Å². The number of nitrogens with zero attached hydrogens (tertiary/aromatic N) is 2. The predicted molar refractivity (Wildman–Crippen MR) is 117 cm³/mol. The van der Waals surface area contributed by atoms with E-state index in [9.17, 15) is 0 Å². The molecule has 1 aromatic carbocycles. The van der Waals surface area contributed by atoms with E-state index < -0.39 is 0 Å². The summed E-state index contributed by atoms with van der Waals surface area (Å²) in [5, 5.41) is 2.32. The van der Waals surface area contributed by atoms with E-state index in [-0.39, 0.29) is 0 Å². The van der Waals surface area contributed by atoms with Gasteiger partial charge in [-0.1, -0.05) is 26.0 Å². The molecule has 146 valence electrons. The van der Waals surface area contributed by atoms with E-state index in [1.54, 1.807) is 0 Å². The van der Waals surface area contributed by atoms with Gasteiger partial charge in [0.15, 0.2) is 4.96 Å². The Kier molecular flexibility index (Phi) is 3.82. The van der Waals surface area contributed by atoms with Crippen LogP contribution in [0.1, 0.15) is 69.2 Å². The first kappa shape index (κ1) is 17.3. The molecule has 0 spiro atoms. The van der Waals surface area contributed by atoms with Crippen molar-refractivity contribution in [3.05, 3.63) is 46.6 Å². The summed E-state index contributed by atoms with van der Waals surface area (Å²) in [6, 6.07) is 7.03. The van der Waals surface area contributed by atoms with E-state index in [0.717, 1.165) is 30.6 Å². The summed E-state index contributed by atoms with van der Waals surface area (Å²) in [5.74, 6) is 2.91. The van der Waals surface area contributed by atoms with Gasteiger partial charge in [0.1, 0.15) is 0 Å². The van der Waals surface area contributed by atoms with Crippen molar-refractivity contribution in [1.29, 1.82) is 0 Å². The molecule has 0 amide bonds. The number of fused-ring (bicyclic) bond motifs is 1. The molecule has 0 aliphatic heterocycles. The molecular formula is C25H30N2S.